The van der Waals surface area contributed by atoms with Crippen LogP contribution in [0, 0.1) is 25.2 Å². The molecule has 1 aliphatic heterocycles. The lowest BCUT2D eigenvalue weighted by Gasteiger charge is -2.18. The van der Waals surface area contributed by atoms with Crippen molar-refractivity contribution >= 4 is 11.5 Å². The first-order valence-electron chi connectivity index (χ1n) is 7.36. The van der Waals surface area contributed by atoms with E-state index in [9.17, 15) is 5.26 Å². The standard InChI is InChI=1S/C17H20N4/c1-12-13(2)21(17(19)16(12)11-18)15-7-5-14(6-8-15)20-9-3-4-10-20/h5-8H,3-4,9-10,19H2,1-2H3. The summed E-state index contributed by atoms with van der Waals surface area (Å²) in [6, 6.07) is 10.6. The number of nitriles is 1. The Morgan fingerprint density at radius 1 is 1.05 bits per heavy atom. The average molecular weight is 280 g/mol. The molecule has 0 atom stereocenters. The minimum atomic E-state index is 0.529. The predicted molar refractivity (Wildman–Crippen MR) is 85.8 cm³/mol. The van der Waals surface area contributed by atoms with Gasteiger partial charge in [0.25, 0.3) is 0 Å². The van der Waals surface area contributed by atoms with Crippen molar-refractivity contribution in [2.24, 2.45) is 0 Å². The van der Waals surface area contributed by atoms with Crippen LogP contribution in [0.15, 0.2) is 24.3 Å². The maximum Gasteiger partial charge on any atom is 0.126 e. The molecule has 0 bridgehead atoms. The molecular weight excluding hydrogens is 260 g/mol. The van der Waals surface area contributed by atoms with Crippen LogP contribution in [0.4, 0.5) is 11.5 Å². The van der Waals surface area contributed by atoms with Crippen LogP contribution in [0.1, 0.15) is 29.7 Å². The van der Waals surface area contributed by atoms with Gasteiger partial charge in [0.05, 0.1) is 5.56 Å². The molecule has 0 unspecified atom stereocenters. The number of aromatic nitrogens is 1. The molecule has 108 valence electrons. The van der Waals surface area contributed by atoms with Crippen molar-refractivity contribution in [1.29, 1.82) is 5.26 Å². The van der Waals surface area contributed by atoms with E-state index in [-0.39, 0.29) is 0 Å². The SMILES string of the molecule is Cc1c(C#N)c(N)n(-c2ccc(N3CCCC3)cc2)c1C. The van der Waals surface area contributed by atoms with Gasteiger partial charge < -0.3 is 10.6 Å². The molecule has 0 amide bonds. The van der Waals surface area contributed by atoms with Crippen molar-refractivity contribution in [2.75, 3.05) is 23.7 Å². The summed E-state index contributed by atoms with van der Waals surface area (Å²) in [4.78, 5) is 2.40. The van der Waals surface area contributed by atoms with Crippen LogP contribution in [0.3, 0.4) is 0 Å². The quantitative estimate of drug-likeness (QED) is 0.919. The molecule has 0 radical (unpaired) electrons. The number of nitrogens with zero attached hydrogens (tertiary/aromatic N) is 3. The van der Waals surface area contributed by atoms with Gasteiger partial charge in [0.2, 0.25) is 0 Å². The van der Waals surface area contributed by atoms with Crippen LogP contribution in [-0.4, -0.2) is 17.7 Å². The fourth-order valence-corrected chi connectivity index (χ4v) is 3.09. The zero-order valence-electron chi connectivity index (χ0n) is 12.6. The first-order chi connectivity index (χ1) is 10.1. The van der Waals surface area contributed by atoms with E-state index >= 15 is 0 Å². The lowest BCUT2D eigenvalue weighted by atomic mass is 10.2. The van der Waals surface area contributed by atoms with Gasteiger partial charge in [-0.05, 0) is 56.5 Å². The summed E-state index contributed by atoms with van der Waals surface area (Å²) in [5.41, 5.74) is 11.0. The van der Waals surface area contributed by atoms with Gasteiger partial charge in [-0.3, -0.25) is 4.57 Å². The highest BCUT2D eigenvalue weighted by Crippen LogP contribution is 2.29. The summed E-state index contributed by atoms with van der Waals surface area (Å²) in [5, 5.41) is 9.22. The van der Waals surface area contributed by atoms with Crippen LogP contribution in [0.5, 0.6) is 0 Å². The van der Waals surface area contributed by atoms with Gasteiger partial charge in [0.15, 0.2) is 0 Å². The van der Waals surface area contributed by atoms with Gasteiger partial charge in [-0.2, -0.15) is 5.26 Å². The zero-order chi connectivity index (χ0) is 15.0. The Bertz CT molecular complexity index is 698. The number of hydrogen-bond acceptors (Lipinski definition) is 3. The van der Waals surface area contributed by atoms with Crippen molar-refractivity contribution in [3.05, 3.63) is 41.1 Å². The highest BCUT2D eigenvalue weighted by molar-refractivity contribution is 5.63. The average Bonchev–Trinajstić information content (AvgIpc) is 3.09. The maximum absolute atomic E-state index is 9.22. The fourth-order valence-electron chi connectivity index (χ4n) is 3.09. The highest BCUT2D eigenvalue weighted by Gasteiger charge is 2.17. The molecule has 0 saturated carbocycles. The molecule has 0 aliphatic carbocycles. The monoisotopic (exact) mass is 280 g/mol. The Morgan fingerprint density at radius 2 is 1.62 bits per heavy atom. The topological polar surface area (TPSA) is 58.0 Å². The molecule has 4 nitrogen and oxygen atoms in total. The molecule has 1 aromatic carbocycles. The predicted octanol–water partition coefficient (Wildman–Crippen LogP) is 3.15. The van der Waals surface area contributed by atoms with Crippen molar-refractivity contribution < 1.29 is 0 Å². The van der Waals surface area contributed by atoms with E-state index in [0.29, 0.717) is 11.4 Å². The molecule has 4 heteroatoms. The number of rotatable bonds is 2. The molecule has 0 spiro atoms. The third-order valence-electron chi connectivity index (χ3n) is 4.44. The molecule has 1 fully saturated rings. The largest absolute Gasteiger partial charge is 0.384 e. The first kappa shape index (κ1) is 13.6. The van der Waals surface area contributed by atoms with Crippen molar-refractivity contribution in [1.82, 2.24) is 4.57 Å². The molecule has 3 rings (SSSR count). The van der Waals surface area contributed by atoms with Crippen LogP contribution < -0.4 is 10.6 Å². The second-order valence-electron chi connectivity index (χ2n) is 5.63. The highest BCUT2D eigenvalue weighted by atomic mass is 15.1. The van der Waals surface area contributed by atoms with Gasteiger partial charge >= 0.3 is 0 Å². The zero-order valence-corrected chi connectivity index (χ0v) is 12.6. The summed E-state index contributed by atoms with van der Waals surface area (Å²) >= 11 is 0. The number of nitrogens with two attached hydrogens (primary N) is 1. The van der Waals surface area contributed by atoms with Gasteiger partial charge in [-0.15, -0.1) is 0 Å². The minimum absolute atomic E-state index is 0.529. The first-order valence-corrected chi connectivity index (χ1v) is 7.36. The van der Waals surface area contributed by atoms with Gasteiger partial charge in [0.1, 0.15) is 11.9 Å². The summed E-state index contributed by atoms with van der Waals surface area (Å²) < 4.78 is 1.96. The summed E-state index contributed by atoms with van der Waals surface area (Å²) in [5.74, 6) is 0.529. The van der Waals surface area contributed by atoms with E-state index in [1.54, 1.807) is 0 Å². The number of hydrogen-bond donors (Lipinski definition) is 1. The van der Waals surface area contributed by atoms with Crippen molar-refractivity contribution in [3.63, 3.8) is 0 Å². The van der Waals surface area contributed by atoms with E-state index in [1.807, 2.05) is 18.4 Å². The molecule has 2 N–H and O–H groups in total. The van der Waals surface area contributed by atoms with Crippen LogP contribution in [-0.2, 0) is 0 Å². The second kappa shape index (κ2) is 5.17. The summed E-state index contributed by atoms with van der Waals surface area (Å²) in [6.07, 6.45) is 2.55. The molecule has 21 heavy (non-hydrogen) atoms. The van der Waals surface area contributed by atoms with E-state index in [4.69, 9.17) is 5.73 Å². The molecule has 1 saturated heterocycles. The molecule has 2 aromatic rings. The summed E-state index contributed by atoms with van der Waals surface area (Å²) in [6.45, 7) is 6.23. The Kier molecular flexibility index (Phi) is 3.34. The molecular formula is C17H20N4. The van der Waals surface area contributed by atoms with Crippen molar-refractivity contribution in [3.8, 4) is 11.8 Å². The number of anilines is 2. The summed E-state index contributed by atoms with van der Waals surface area (Å²) in [7, 11) is 0. The Hall–Kier alpha value is -2.41. The lowest BCUT2D eigenvalue weighted by Crippen LogP contribution is -2.17. The lowest BCUT2D eigenvalue weighted by molar-refractivity contribution is 0.949. The third-order valence-corrected chi connectivity index (χ3v) is 4.44. The Morgan fingerprint density at radius 3 is 2.14 bits per heavy atom. The maximum atomic E-state index is 9.22. The molecule has 2 heterocycles. The smallest absolute Gasteiger partial charge is 0.126 e. The Balaban J connectivity index is 2.00. The number of nitrogen functional groups attached to an aromatic ring is 1. The normalized spacial score (nSPS) is 14.4. The minimum Gasteiger partial charge on any atom is -0.384 e. The van der Waals surface area contributed by atoms with E-state index in [0.717, 1.165) is 30.0 Å². The van der Waals surface area contributed by atoms with E-state index < -0.39 is 0 Å². The number of benzene rings is 1. The van der Waals surface area contributed by atoms with E-state index in [1.165, 1.54) is 18.5 Å². The van der Waals surface area contributed by atoms with Gasteiger partial charge in [-0.25, -0.2) is 0 Å². The Labute approximate surface area is 125 Å². The van der Waals surface area contributed by atoms with Crippen molar-refractivity contribution in [2.45, 2.75) is 26.7 Å². The van der Waals surface area contributed by atoms with Gasteiger partial charge in [-0.1, -0.05) is 0 Å². The van der Waals surface area contributed by atoms with Gasteiger partial charge in [0, 0.05) is 30.2 Å². The third kappa shape index (κ3) is 2.15. The van der Waals surface area contributed by atoms with Crippen LogP contribution in [0.2, 0.25) is 0 Å². The second-order valence-corrected chi connectivity index (χ2v) is 5.63. The molecule has 1 aliphatic rings. The molecule has 1 aromatic heterocycles. The van der Waals surface area contributed by atoms with Crippen LogP contribution in [0.25, 0.3) is 5.69 Å². The van der Waals surface area contributed by atoms with Crippen LogP contribution >= 0.6 is 0 Å². The fraction of sp³-hybridized carbons (Fsp3) is 0.353. The van der Waals surface area contributed by atoms with E-state index in [2.05, 4.69) is 35.2 Å².